The molecule has 156 valence electrons. The molecule has 5 rings (SSSR count). The van der Waals surface area contributed by atoms with Gasteiger partial charge in [0.05, 0.1) is 24.5 Å². The topological polar surface area (TPSA) is 52.3 Å². The van der Waals surface area contributed by atoms with Gasteiger partial charge in [-0.2, -0.15) is 5.10 Å². The lowest BCUT2D eigenvalue weighted by molar-refractivity contribution is -0.134. The fourth-order valence-electron chi connectivity index (χ4n) is 3.96. The van der Waals surface area contributed by atoms with E-state index < -0.39 is 0 Å². The van der Waals surface area contributed by atoms with Crippen LogP contribution in [0.2, 0.25) is 0 Å². The van der Waals surface area contributed by atoms with Gasteiger partial charge in [0, 0.05) is 18.0 Å². The van der Waals surface area contributed by atoms with Gasteiger partial charge in [-0.25, -0.2) is 4.68 Å². The summed E-state index contributed by atoms with van der Waals surface area (Å²) in [6, 6.07) is 19.9. The maximum Gasteiger partial charge on any atom is 0.261 e. The fraction of sp³-hybridized carbons (Fsp3) is 0.200. The van der Waals surface area contributed by atoms with E-state index in [1.54, 1.807) is 4.90 Å². The Hall–Kier alpha value is -3.80. The third kappa shape index (κ3) is 3.61. The van der Waals surface area contributed by atoms with Crippen molar-refractivity contribution in [2.24, 2.45) is 0 Å². The maximum absolute atomic E-state index is 12.8. The van der Waals surface area contributed by atoms with Crippen molar-refractivity contribution in [3.05, 3.63) is 95.4 Å². The molecule has 1 aliphatic heterocycles. The zero-order chi connectivity index (χ0) is 21.4. The molecule has 3 heterocycles. The molecular weight excluding hydrogens is 388 g/mol. The van der Waals surface area contributed by atoms with E-state index in [4.69, 9.17) is 9.84 Å². The van der Waals surface area contributed by atoms with Crippen molar-refractivity contribution in [3.8, 4) is 17.3 Å². The highest BCUT2D eigenvalue weighted by molar-refractivity contribution is 5.78. The van der Waals surface area contributed by atoms with Gasteiger partial charge >= 0.3 is 0 Å². The van der Waals surface area contributed by atoms with Crippen LogP contribution in [-0.2, 0) is 17.9 Å². The summed E-state index contributed by atoms with van der Waals surface area (Å²) in [4.78, 5) is 14.6. The number of para-hydroxylation sites is 1. The van der Waals surface area contributed by atoms with Gasteiger partial charge in [-0.3, -0.25) is 4.79 Å². The van der Waals surface area contributed by atoms with E-state index in [9.17, 15) is 4.79 Å². The predicted molar refractivity (Wildman–Crippen MR) is 119 cm³/mol. The molecule has 1 aliphatic rings. The van der Waals surface area contributed by atoms with Crippen molar-refractivity contribution in [2.75, 3.05) is 6.61 Å². The molecule has 0 spiro atoms. The van der Waals surface area contributed by atoms with Crippen LogP contribution in [0.5, 0.6) is 5.75 Å². The Labute approximate surface area is 181 Å². The number of benzene rings is 2. The number of ether oxygens (including phenoxy) is 1. The molecule has 4 aromatic rings. The third-order valence-corrected chi connectivity index (χ3v) is 5.66. The van der Waals surface area contributed by atoms with Gasteiger partial charge in [0.15, 0.2) is 6.61 Å². The van der Waals surface area contributed by atoms with Gasteiger partial charge in [-0.05, 0) is 49.7 Å². The zero-order valence-corrected chi connectivity index (χ0v) is 17.7. The van der Waals surface area contributed by atoms with E-state index in [-0.39, 0.29) is 12.5 Å². The molecule has 2 aromatic carbocycles. The van der Waals surface area contributed by atoms with Gasteiger partial charge in [-0.1, -0.05) is 35.9 Å². The second-order valence-corrected chi connectivity index (χ2v) is 7.89. The molecule has 2 aromatic heterocycles. The average Bonchev–Trinajstić information content (AvgIpc) is 3.49. The molecule has 0 bridgehead atoms. The Kier molecular flexibility index (Phi) is 4.82. The lowest BCUT2D eigenvalue weighted by Gasteiger charge is -2.18. The van der Waals surface area contributed by atoms with Crippen molar-refractivity contribution >= 4 is 5.91 Å². The molecular formula is C25H24N4O2. The second-order valence-electron chi connectivity index (χ2n) is 7.89. The van der Waals surface area contributed by atoms with Gasteiger partial charge in [0.25, 0.3) is 5.91 Å². The van der Waals surface area contributed by atoms with Crippen LogP contribution in [0.15, 0.2) is 73.1 Å². The smallest absolute Gasteiger partial charge is 0.261 e. The van der Waals surface area contributed by atoms with E-state index in [0.717, 1.165) is 33.9 Å². The average molecular weight is 412 g/mol. The van der Waals surface area contributed by atoms with Gasteiger partial charge in [0.2, 0.25) is 0 Å². The Morgan fingerprint density at radius 1 is 0.968 bits per heavy atom. The highest BCUT2D eigenvalue weighted by Crippen LogP contribution is 2.31. The van der Waals surface area contributed by atoms with Crippen LogP contribution in [-0.4, -0.2) is 31.8 Å². The second kappa shape index (κ2) is 7.80. The summed E-state index contributed by atoms with van der Waals surface area (Å²) in [5.74, 6) is 1.64. The normalized spacial score (nSPS) is 12.8. The Morgan fingerprint density at radius 3 is 2.45 bits per heavy atom. The standard InChI is InChI=1S/C25H24N4O2/c1-18-9-11-20(12-10-18)31-17-24(30)28-15-21-22(16-28)26-29(23-8-4-3-7-19(23)2)25(21)27-13-5-6-14-27/h3-14H,15-17H2,1-2H3. The number of amides is 1. The lowest BCUT2D eigenvalue weighted by Crippen LogP contribution is -2.31. The molecule has 0 radical (unpaired) electrons. The zero-order valence-electron chi connectivity index (χ0n) is 17.7. The number of carbonyl (C=O) groups excluding carboxylic acids is 1. The minimum atomic E-state index is -0.0422. The number of hydrogen-bond donors (Lipinski definition) is 0. The van der Waals surface area contributed by atoms with E-state index in [0.29, 0.717) is 18.8 Å². The SMILES string of the molecule is Cc1ccc(OCC(=O)N2Cc3nn(-c4ccccc4C)c(-n4cccc4)c3C2)cc1. The maximum atomic E-state index is 12.8. The number of rotatable bonds is 5. The van der Waals surface area contributed by atoms with E-state index in [1.165, 1.54) is 0 Å². The molecule has 1 amide bonds. The first-order valence-corrected chi connectivity index (χ1v) is 10.4. The van der Waals surface area contributed by atoms with Gasteiger partial charge in [-0.15, -0.1) is 0 Å². The first-order chi connectivity index (χ1) is 15.1. The molecule has 6 nitrogen and oxygen atoms in total. The summed E-state index contributed by atoms with van der Waals surface area (Å²) < 4.78 is 9.76. The molecule has 0 unspecified atom stereocenters. The summed E-state index contributed by atoms with van der Waals surface area (Å²) in [5.41, 5.74) is 5.35. The van der Waals surface area contributed by atoms with Crippen LogP contribution in [0.25, 0.3) is 11.5 Å². The summed E-state index contributed by atoms with van der Waals surface area (Å²) >= 11 is 0. The third-order valence-electron chi connectivity index (χ3n) is 5.66. The molecule has 6 heteroatoms. The van der Waals surface area contributed by atoms with Crippen LogP contribution < -0.4 is 4.74 Å². The highest BCUT2D eigenvalue weighted by atomic mass is 16.5. The molecule has 0 N–H and O–H groups in total. The Bertz CT molecular complexity index is 1220. The van der Waals surface area contributed by atoms with Crippen LogP contribution in [0, 0.1) is 13.8 Å². The van der Waals surface area contributed by atoms with Crippen molar-refractivity contribution in [1.29, 1.82) is 0 Å². The molecule has 0 atom stereocenters. The van der Waals surface area contributed by atoms with Crippen LogP contribution >= 0.6 is 0 Å². The number of hydrogen-bond acceptors (Lipinski definition) is 3. The predicted octanol–water partition coefficient (Wildman–Crippen LogP) is 4.20. The highest BCUT2D eigenvalue weighted by Gasteiger charge is 2.31. The number of aryl methyl sites for hydroxylation is 2. The summed E-state index contributed by atoms with van der Waals surface area (Å²) in [6.07, 6.45) is 4.02. The number of carbonyl (C=O) groups is 1. The molecule has 0 saturated carbocycles. The van der Waals surface area contributed by atoms with Crippen LogP contribution in [0.4, 0.5) is 0 Å². The van der Waals surface area contributed by atoms with E-state index in [1.807, 2.05) is 72.5 Å². The minimum absolute atomic E-state index is 0.0178. The van der Waals surface area contributed by atoms with Gasteiger partial charge < -0.3 is 14.2 Å². The lowest BCUT2D eigenvalue weighted by atomic mass is 10.2. The quantitative estimate of drug-likeness (QED) is 0.494. The van der Waals surface area contributed by atoms with E-state index in [2.05, 4.69) is 23.6 Å². The monoisotopic (exact) mass is 412 g/mol. The van der Waals surface area contributed by atoms with Crippen molar-refractivity contribution in [3.63, 3.8) is 0 Å². The Balaban J connectivity index is 1.40. The molecule has 0 aliphatic carbocycles. The first kappa shape index (κ1) is 19.2. The minimum Gasteiger partial charge on any atom is -0.484 e. The van der Waals surface area contributed by atoms with Crippen molar-refractivity contribution in [2.45, 2.75) is 26.9 Å². The summed E-state index contributed by atoms with van der Waals surface area (Å²) in [7, 11) is 0. The number of fused-ring (bicyclic) bond motifs is 1. The summed E-state index contributed by atoms with van der Waals surface area (Å²) in [5, 5.41) is 4.90. The number of aromatic nitrogens is 3. The van der Waals surface area contributed by atoms with Crippen molar-refractivity contribution < 1.29 is 9.53 Å². The largest absolute Gasteiger partial charge is 0.484 e. The van der Waals surface area contributed by atoms with E-state index >= 15 is 0 Å². The summed E-state index contributed by atoms with van der Waals surface area (Å²) in [6.45, 7) is 5.13. The van der Waals surface area contributed by atoms with Crippen LogP contribution in [0.1, 0.15) is 22.4 Å². The first-order valence-electron chi connectivity index (χ1n) is 10.4. The Morgan fingerprint density at radius 2 is 1.71 bits per heavy atom. The fourth-order valence-corrected chi connectivity index (χ4v) is 3.96. The molecule has 0 saturated heterocycles. The molecule has 0 fully saturated rings. The molecule has 31 heavy (non-hydrogen) atoms. The number of nitrogens with zero attached hydrogens (tertiary/aromatic N) is 4. The van der Waals surface area contributed by atoms with Crippen LogP contribution in [0.3, 0.4) is 0 Å². The van der Waals surface area contributed by atoms with Crippen molar-refractivity contribution in [1.82, 2.24) is 19.2 Å². The van der Waals surface area contributed by atoms with Gasteiger partial charge in [0.1, 0.15) is 11.6 Å².